The summed E-state index contributed by atoms with van der Waals surface area (Å²) in [6, 6.07) is 12.6. The summed E-state index contributed by atoms with van der Waals surface area (Å²) in [5.41, 5.74) is 1.09. The highest BCUT2D eigenvalue weighted by atomic mass is 35.5. The quantitative estimate of drug-likeness (QED) is 0.837. The molecular weight excluding hydrogens is 355 g/mol. The maximum absolute atomic E-state index is 12.5. The highest BCUT2D eigenvalue weighted by molar-refractivity contribution is 6.30. The Kier molecular flexibility index (Phi) is 4.64. The van der Waals surface area contributed by atoms with Gasteiger partial charge in [0.05, 0.1) is 5.41 Å². The summed E-state index contributed by atoms with van der Waals surface area (Å²) in [4.78, 5) is 12.5. The van der Waals surface area contributed by atoms with Gasteiger partial charge in [0.1, 0.15) is 5.75 Å². The van der Waals surface area contributed by atoms with Gasteiger partial charge in [0.15, 0.2) is 0 Å². The van der Waals surface area contributed by atoms with Crippen LogP contribution in [-0.2, 0) is 16.8 Å². The number of carbonyl (C=O) groups excluding carboxylic acids is 1. The first-order valence-electron chi connectivity index (χ1n) is 7.68. The lowest BCUT2D eigenvalue weighted by atomic mass is 9.95. The molecular formula is C18H15ClF3NO2. The minimum absolute atomic E-state index is 0.0922. The molecule has 1 saturated carbocycles. The normalized spacial score (nSPS) is 15.5. The third kappa shape index (κ3) is 4.25. The molecule has 0 unspecified atom stereocenters. The van der Waals surface area contributed by atoms with Crippen molar-refractivity contribution in [1.29, 1.82) is 0 Å². The first-order valence-corrected chi connectivity index (χ1v) is 8.05. The van der Waals surface area contributed by atoms with Gasteiger partial charge in [0, 0.05) is 11.6 Å². The van der Waals surface area contributed by atoms with E-state index in [1.807, 2.05) is 12.1 Å². The Morgan fingerprint density at radius 1 is 1.08 bits per heavy atom. The molecule has 0 aromatic heterocycles. The first kappa shape index (κ1) is 17.6. The van der Waals surface area contributed by atoms with Gasteiger partial charge in [-0.15, -0.1) is 13.2 Å². The third-order valence-electron chi connectivity index (χ3n) is 4.19. The van der Waals surface area contributed by atoms with E-state index < -0.39 is 11.8 Å². The van der Waals surface area contributed by atoms with Crippen molar-refractivity contribution in [2.45, 2.75) is 31.2 Å². The van der Waals surface area contributed by atoms with Crippen molar-refractivity contribution in [3.63, 3.8) is 0 Å². The molecule has 0 spiro atoms. The van der Waals surface area contributed by atoms with Crippen molar-refractivity contribution in [3.8, 4) is 5.75 Å². The largest absolute Gasteiger partial charge is 0.573 e. The lowest BCUT2D eigenvalue weighted by molar-refractivity contribution is -0.274. The smallest absolute Gasteiger partial charge is 0.406 e. The van der Waals surface area contributed by atoms with Crippen LogP contribution in [0.15, 0.2) is 48.5 Å². The lowest BCUT2D eigenvalue weighted by Crippen LogP contribution is -2.34. The number of hydrogen-bond acceptors (Lipinski definition) is 2. The fourth-order valence-corrected chi connectivity index (χ4v) is 2.83. The molecule has 2 aromatic carbocycles. The number of alkyl halides is 3. The van der Waals surface area contributed by atoms with Crippen LogP contribution in [0.4, 0.5) is 13.2 Å². The third-order valence-corrected chi connectivity index (χ3v) is 4.44. The molecule has 25 heavy (non-hydrogen) atoms. The van der Waals surface area contributed by atoms with Crippen molar-refractivity contribution >= 4 is 17.5 Å². The van der Waals surface area contributed by atoms with Gasteiger partial charge in [-0.25, -0.2) is 0 Å². The van der Waals surface area contributed by atoms with E-state index in [1.54, 1.807) is 12.1 Å². The zero-order valence-electron chi connectivity index (χ0n) is 13.1. The Bertz CT molecular complexity index is 753. The molecule has 2 aromatic rings. The van der Waals surface area contributed by atoms with Gasteiger partial charge in [-0.3, -0.25) is 4.79 Å². The fraction of sp³-hybridized carbons (Fsp3) is 0.278. The number of amides is 1. The molecule has 1 aliphatic carbocycles. The van der Waals surface area contributed by atoms with Gasteiger partial charge < -0.3 is 10.1 Å². The van der Waals surface area contributed by atoms with Crippen LogP contribution in [0.25, 0.3) is 0 Å². The van der Waals surface area contributed by atoms with E-state index in [4.69, 9.17) is 11.6 Å². The lowest BCUT2D eigenvalue weighted by Gasteiger charge is -2.16. The minimum atomic E-state index is -4.72. The molecule has 1 aliphatic rings. The number of ether oxygens (including phenoxy) is 1. The van der Waals surface area contributed by atoms with Gasteiger partial charge in [-0.05, 0) is 48.2 Å². The Balaban J connectivity index is 1.60. The van der Waals surface area contributed by atoms with E-state index in [1.165, 1.54) is 24.3 Å². The van der Waals surface area contributed by atoms with Crippen LogP contribution in [-0.4, -0.2) is 12.3 Å². The highest BCUT2D eigenvalue weighted by Crippen LogP contribution is 2.48. The zero-order chi connectivity index (χ0) is 18.1. The monoisotopic (exact) mass is 369 g/mol. The molecule has 0 saturated heterocycles. The number of nitrogens with one attached hydrogen (secondary N) is 1. The number of carbonyl (C=O) groups is 1. The standard InChI is InChI=1S/C18H15ClF3NO2/c19-14-5-3-13(4-6-14)17(9-10-17)16(24)23-11-12-1-7-15(8-2-12)25-18(20,21)22/h1-8H,9-11H2,(H,23,24). The van der Waals surface area contributed by atoms with Crippen LogP contribution in [0, 0.1) is 0 Å². The van der Waals surface area contributed by atoms with E-state index in [0.29, 0.717) is 10.6 Å². The molecule has 3 rings (SSSR count). The molecule has 132 valence electrons. The molecule has 7 heteroatoms. The Morgan fingerprint density at radius 2 is 1.68 bits per heavy atom. The van der Waals surface area contributed by atoms with E-state index in [-0.39, 0.29) is 18.2 Å². The maximum Gasteiger partial charge on any atom is 0.573 e. The molecule has 0 heterocycles. The van der Waals surface area contributed by atoms with Gasteiger partial charge >= 0.3 is 6.36 Å². The molecule has 1 fully saturated rings. The Morgan fingerprint density at radius 3 is 2.20 bits per heavy atom. The predicted octanol–water partition coefficient (Wildman–Crippen LogP) is 4.59. The predicted molar refractivity (Wildman–Crippen MR) is 87.3 cm³/mol. The van der Waals surface area contributed by atoms with Crippen LogP contribution < -0.4 is 10.1 Å². The molecule has 0 atom stereocenters. The van der Waals surface area contributed by atoms with Crippen LogP contribution in [0.3, 0.4) is 0 Å². The van der Waals surface area contributed by atoms with Gasteiger partial charge in [-0.1, -0.05) is 35.9 Å². The summed E-state index contributed by atoms with van der Waals surface area (Å²) in [5, 5.41) is 3.46. The number of hydrogen-bond donors (Lipinski definition) is 1. The molecule has 1 N–H and O–H groups in total. The summed E-state index contributed by atoms with van der Waals surface area (Å²) in [7, 11) is 0. The van der Waals surface area contributed by atoms with E-state index >= 15 is 0 Å². The maximum atomic E-state index is 12.5. The highest BCUT2D eigenvalue weighted by Gasteiger charge is 2.51. The van der Waals surface area contributed by atoms with Gasteiger partial charge in [-0.2, -0.15) is 0 Å². The molecule has 1 amide bonds. The molecule has 0 bridgehead atoms. The van der Waals surface area contributed by atoms with Crippen molar-refractivity contribution in [2.24, 2.45) is 0 Å². The number of benzene rings is 2. The SMILES string of the molecule is O=C(NCc1ccc(OC(F)(F)F)cc1)C1(c2ccc(Cl)cc2)CC1. The number of halogens is 4. The van der Waals surface area contributed by atoms with E-state index in [0.717, 1.165) is 18.4 Å². The second-order valence-electron chi connectivity index (χ2n) is 5.96. The van der Waals surface area contributed by atoms with Gasteiger partial charge in [0.2, 0.25) is 5.91 Å². The average Bonchev–Trinajstić information content (AvgIpc) is 3.35. The second-order valence-corrected chi connectivity index (χ2v) is 6.40. The van der Waals surface area contributed by atoms with Crippen molar-refractivity contribution in [3.05, 3.63) is 64.7 Å². The average molecular weight is 370 g/mol. The summed E-state index contributed by atoms with van der Waals surface area (Å²) in [5.74, 6) is -0.382. The van der Waals surface area contributed by atoms with Crippen LogP contribution in [0.5, 0.6) is 5.75 Å². The number of rotatable bonds is 5. The van der Waals surface area contributed by atoms with Crippen molar-refractivity contribution in [2.75, 3.05) is 0 Å². The second kappa shape index (κ2) is 6.59. The molecule has 0 aliphatic heterocycles. The summed E-state index contributed by atoms with van der Waals surface area (Å²) < 4.78 is 40.2. The van der Waals surface area contributed by atoms with Crippen molar-refractivity contribution < 1.29 is 22.7 Å². The topological polar surface area (TPSA) is 38.3 Å². The van der Waals surface area contributed by atoms with Gasteiger partial charge in [0.25, 0.3) is 0 Å². The minimum Gasteiger partial charge on any atom is -0.406 e. The Hall–Kier alpha value is -2.21. The van der Waals surface area contributed by atoms with E-state index in [9.17, 15) is 18.0 Å². The fourth-order valence-electron chi connectivity index (χ4n) is 2.70. The summed E-state index contributed by atoms with van der Waals surface area (Å²) in [6.07, 6.45) is -3.19. The summed E-state index contributed by atoms with van der Waals surface area (Å²) >= 11 is 5.87. The van der Waals surface area contributed by atoms with Crippen LogP contribution in [0.1, 0.15) is 24.0 Å². The van der Waals surface area contributed by atoms with Crippen LogP contribution >= 0.6 is 11.6 Å². The molecule has 3 nitrogen and oxygen atoms in total. The van der Waals surface area contributed by atoms with E-state index in [2.05, 4.69) is 10.1 Å². The van der Waals surface area contributed by atoms with Crippen molar-refractivity contribution in [1.82, 2.24) is 5.32 Å². The Labute approximate surface area is 147 Å². The zero-order valence-corrected chi connectivity index (χ0v) is 13.8. The summed E-state index contributed by atoms with van der Waals surface area (Å²) in [6.45, 7) is 0.237. The molecule has 0 radical (unpaired) electrons. The first-order chi connectivity index (χ1) is 11.8. The van der Waals surface area contributed by atoms with Crippen LogP contribution in [0.2, 0.25) is 5.02 Å².